The van der Waals surface area contributed by atoms with Crippen LogP contribution in [-0.2, 0) is 11.3 Å². The number of rotatable bonds is 11. The average molecular weight is 491 g/mol. The van der Waals surface area contributed by atoms with Crippen molar-refractivity contribution in [2.24, 2.45) is 0 Å². The minimum absolute atomic E-state index is 0.0366. The first-order chi connectivity index (χ1) is 17.4. The van der Waals surface area contributed by atoms with Crippen molar-refractivity contribution < 1.29 is 28.6 Å². The molecule has 0 spiro atoms. The van der Waals surface area contributed by atoms with E-state index in [0.29, 0.717) is 36.0 Å². The zero-order valence-corrected chi connectivity index (χ0v) is 20.7. The monoisotopic (exact) mass is 490 g/mol. The van der Waals surface area contributed by atoms with Gasteiger partial charge in [0.15, 0.2) is 23.0 Å². The fourth-order valence-corrected chi connectivity index (χ4v) is 4.18. The van der Waals surface area contributed by atoms with Crippen LogP contribution in [0.2, 0.25) is 0 Å². The van der Waals surface area contributed by atoms with E-state index in [1.165, 1.54) is 4.90 Å². The van der Waals surface area contributed by atoms with Gasteiger partial charge < -0.3 is 23.9 Å². The summed E-state index contributed by atoms with van der Waals surface area (Å²) in [7, 11) is 0. The Balaban J connectivity index is 1.78. The number of hydrogen-bond donors (Lipinski definition) is 1. The van der Waals surface area contributed by atoms with Crippen molar-refractivity contribution in [3.05, 3.63) is 88.8 Å². The van der Waals surface area contributed by atoms with E-state index >= 15 is 0 Å². The third kappa shape index (κ3) is 5.12. The molecular formula is C28H30N2O6. The number of nitrogens with zero attached hydrogens (tertiary/aromatic N) is 2. The summed E-state index contributed by atoms with van der Waals surface area (Å²) < 4.78 is 17.3. The molecule has 1 atom stereocenters. The topological polar surface area (TPSA) is 102 Å². The normalized spacial score (nSPS) is 15.5. The Morgan fingerprint density at radius 2 is 1.86 bits per heavy atom. The lowest BCUT2D eigenvalue weighted by molar-refractivity contribution is -0.130. The number of aryl methyl sites for hydroxylation is 1. The summed E-state index contributed by atoms with van der Waals surface area (Å²) in [4.78, 5) is 32.3. The van der Waals surface area contributed by atoms with Gasteiger partial charge in [0.2, 0.25) is 5.78 Å². The lowest BCUT2D eigenvalue weighted by Gasteiger charge is -2.27. The number of hydrogen-bond acceptors (Lipinski definition) is 7. The molecule has 2 aromatic heterocycles. The van der Waals surface area contributed by atoms with E-state index in [1.807, 2.05) is 6.92 Å². The van der Waals surface area contributed by atoms with Crippen LogP contribution in [0.25, 0.3) is 0 Å². The van der Waals surface area contributed by atoms with Crippen LogP contribution in [0.3, 0.4) is 0 Å². The van der Waals surface area contributed by atoms with E-state index < -0.39 is 23.5 Å². The predicted molar refractivity (Wildman–Crippen MR) is 133 cm³/mol. The summed E-state index contributed by atoms with van der Waals surface area (Å²) in [5.74, 6) is -0.0602. The molecule has 0 saturated heterocycles. The highest BCUT2D eigenvalue weighted by Gasteiger charge is 2.44. The molecule has 1 unspecified atom stereocenters. The zero-order chi connectivity index (χ0) is 25.7. The van der Waals surface area contributed by atoms with Crippen molar-refractivity contribution in [3.8, 4) is 11.5 Å². The first kappa shape index (κ1) is 25.0. The number of pyridine rings is 1. The maximum atomic E-state index is 13.5. The number of Topliss-reactive ketones (excluding diaryl/α,β-unsaturated/α-hetero) is 1. The number of aromatic nitrogens is 1. The van der Waals surface area contributed by atoms with E-state index in [9.17, 15) is 14.7 Å². The molecule has 8 heteroatoms. The van der Waals surface area contributed by atoms with Crippen molar-refractivity contribution in [2.75, 3.05) is 13.2 Å². The van der Waals surface area contributed by atoms with Crippen LogP contribution in [-0.4, -0.2) is 39.9 Å². The number of furan rings is 1. The smallest absolute Gasteiger partial charge is 0.290 e. The van der Waals surface area contributed by atoms with Gasteiger partial charge in [-0.2, -0.15) is 0 Å². The lowest BCUT2D eigenvalue weighted by Crippen LogP contribution is -2.30. The Hall–Kier alpha value is -4.07. The maximum absolute atomic E-state index is 13.5. The predicted octanol–water partition coefficient (Wildman–Crippen LogP) is 5.34. The first-order valence-electron chi connectivity index (χ1n) is 12.1. The molecule has 1 aliphatic rings. The highest BCUT2D eigenvalue weighted by Crippen LogP contribution is 2.42. The van der Waals surface area contributed by atoms with Crippen LogP contribution in [0.1, 0.15) is 60.2 Å². The van der Waals surface area contributed by atoms with E-state index in [-0.39, 0.29) is 17.9 Å². The van der Waals surface area contributed by atoms with Crippen molar-refractivity contribution in [1.82, 2.24) is 9.88 Å². The lowest BCUT2D eigenvalue weighted by atomic mass is 9.94. The van der Waals surface area contributed by atoms with Crippen LogP contribution < -0.4 is 9.47 Å². The number of benzene rings is 1. The number of ketones is 1. The van der Waals surface area contributed by atoms with Gasteiger partial charge in [-0.1, -0.05) is 19.4 Å². The molecule has 1 aromatic carbocycles. The first-order valence-corrected chi connectivity index (χ1v) is 12.1. The van der Waals surface area contributed by atoms with E-state index in [1.54, 1.807) is 61.8 Å². The standard InChI is InChI=1S/C28H30N2O6/c1-4-6-15-35-21-10-8-20(16-23(21)34-5-2)25-24(26(31)22-9-7-18(3)36-22)27(32)28(33)30(25)17-19-11-13-29-14-12-19/h7-14,16,25,32H,4-6,15,17H2,1-3H3. The highest BCUT2D eigenvalue weighted by molar-refractivity contribution is 6.15. The maximum Gasteiger partial charge on any atom is 0.290 e. The van der Waals surface area contributed by atoms with Crippen LogP contribution in [0.4, 0.5) is 0 Å². The summed E-state index contributed by atoms with van der Waals surface area (Å²) in [6.45, 7) is 6.82. The van der Waals surface area contributed by atoms with E-state index in [2.05, 4.69) is 11.9 Å². The Bertz CT molecular complexity index is 1260. The average Bonchev–Trinajstić information content (AvgIpc) is 3.42. The summed E-state index contributed by atoms with van der Waals surface area (Å²) >= 11 is 0. The van der Waals surface area contributed by atoms with Gasteiger partial charge in [0.25, 0.3) is 5.91 Å². The molecule has 0 fully saturated rings. The van der Waals surface area contributed by atoms with E-state index in [0.717, 1.165) is 18.4 Å². The van der Waals surface area contributed by atoms with Gasteiger partial charge in [-0.25, -0.2) is 0 Å². The number of carbonyl (C=O) groups excluding carboxylic acids is 2. The van der Waals surface area contributed by atoms with Crippen molar-refractivity contribution in [1.29, 1.82) is 0 Å². The summed E-state index contributed by atoms with van der Waals surface area (Å²) in [6, 6.07) is 11.3. The molecule has 36 heavy (non-hydrogen) atoms. The third-order valence-corrected chi connectivity index (χ3v) is 5.95. The van der Waals surface area contributed by atoms with Crippen molar-refractivity contribution in [2.45, 2.75) is 46.2 Å². The largest absolute Gasteiger partial charge is 0.503 e. The number of carbonyl (C=O) groups is 2. The second kappa shape index (κ2) is 11.1. The molecule has 0 bridgehead atoms. The van der Waals surface area contributed by atoms with E-state index in [4.69, 9.17) is 13.9 Å². The number of aliphatic hydroxyl groups is 1. The number of unbranched alkanes of at least 4 members (excludes halogenated alkanes) is 1. The SMILES string of the molecule is CCCCOc1ccc(C2C(C(=O)c3ccc(C)o3)=C(O)C(=O)N2Cc2ccncc2)cc1OCC. The van der Waals surface area contributed by atoms with Gasteiger partial charge in [-0.3, -0.25) is 14.6 Å². The second-order valence-electron chi connectivity index (χ2n) is 8.53. The molecule has 8 nitrogen and oxygen atoms in total. The fraction of sp³-hybridized carbons (Fsp3) is 0.321. The molecule has 1 N–H and O–H groups in total. The second-order valence-corrected chi connectivity index (χ2v) is 8.53. The fourth-order valence-electron chi connectivity index (χ4n) is 4.18. The molecule has 188 valence electrons. The molecule has 0 aliphatic carbocycles. The van der Waals surface area contributed by atoms with Gasteiger partial charge in [-0.05, 0) is 67.8 Å². The minimum atomic E-state index is -0.854. The number of amides is 1. The Labute approximate surface area is 210 Å². The van der Waals surface area contributed by atoms with Gasteiger partial charge in [0.1, 0.15) is 5.76 Å². The van der Waals surface area contributed by atoms with Crippen molar-refractivity contribution in [3.63, 3.8) is 0 Å². The molecule has 1 aliphatic heterocycles. The Kier molecular flexibility index (Phi) is 7.73. The van der Waals surface area contributed by atoms with Gasteiger partial charge in [0, 0.05) is 18.9 Å². The van der Waals surface area contributed by atoms with Crippen LogP contribution in [0, 0.1) is 6.92 Å². The third-order valence-electron chi connectivity index (χ3n) is 5.95. The summed E-state index contributed by atoms with van der Waals surface area (Å²) in [5.41, 5.74) is 1.38. The molecule has 4 rings (SSSR count). The number of ether oxygens (including phenoxy) is 2. The molecule has 0 saturated carbocycles. The molecule has 1 amide bonds. The van der Waals surface area contributed by atoms with Gasteiger partial charge >= 0.3 is 0 Å². The quantitative estimate of drug-likeness (QED) is 0.286. The van der Waals surface area contributed by atoms with Gasteiger partial charge in [0.05, 0.1) is 24.8 Å². The Morgan fingerprint density at radius 3 is 2.53 bits per heavy atom. The van der Waals surface area contributed by atoms with Gasteiger partial charge in [-0.15, -0.1) is 0 Å². The number of aliphatic hydroxyl groups excluding tert-OH is 1. The van der Waals surface area contributed by atoms with Crippen LogP contribution in [0.5, 0.6) is 11.5 Å². The van der Waals surface area contributed by atoms with Crippen molar-refractivity contribution >= 4 is 11.7 Å². The highest BCUT2D eigenvalue weighted by atomic mass is 16.5. The molecular weight excluding hydrogens is 460 g/mol. The molecule has 3 aromatic rings. The zero-order valence-electron chi connectivity index (χ0n) is 20.7. The molecule has 0 radical (unpaired) electrons. The van der Waals surface area contributed by atoms with Crippen LogP contribution in [0.15, 0.2) is 70.6 Å². The Morgan fingerprint density at radius 1 is 1.08 bits per heavy atom. The minimum Gasteiger partial charge on any atom is -0.503 e. The molecule has 3 heterocycles. The summed E-state index contributed by atoms with van der Waals surface area (Å²) in [5, 5.41) is 10.9. The van der Waals surface area contributed by atoms with Crippen LogP contribution >= 0.6 is 0 Å². The summed E-state index contributed by atoms with van der Waals surface area (Å²) in [6.07, 6.45) is 5.16.